The van der Waals surface area contributed by atoms with Crippen molar-refractivity contribution >= 4 is 5.82 Å². The zero-order valence-corrected chi connectivity index (χ0v) is 9.18. The fourth-order valence-electron chi connectivity index (χ4n) is 1.32. The summed E-state index contributed by atoms with van der Waals surface area (Å²) in [6, 6.07) is 11.7. The maximum Gasteiger partial charge on any atom is 0.123 e. The molecule has 3 nitrogen and oxygen atoms in total. The third-order valence-electron chi connectivity index (χ3n) is 2.27. The van der Waals surface area contributed by atoms with Gasteiger partial charge in [0.05, 0.1) is 0 Å². The van der Waals surface area contributed by atoms with Crippen LogP contribution < -0.4 is 10.5 Å². The van der Waals surface area contributed by atoms with Crippen molar-refractivity contribution in [3.05, 3.63) is 53.7 Å². The lowest BCUT2D eigenvalue weighted by Gasteiger charge is -2.06. The highest BCUT2D eigenvalue weighted by Crippen LogP contribution is 2.13. The number of nitrogens with zero attached hydrogens (tertiary/aromatic N) is 1. The van der Waals surface area contributed by atoms with Gasteiger partial charge < -0.3 is 10.5 Å². The van der Waals surface area contributed by atoms with E-state index in [1.807, 2.05) is 37.3 Å². The molecule has 0 radical (unpaired) electrons. The molecule has 0 aliphatic heterocycles. The minimum Gasteiger partial charge on any atom is -0.489 e. The lowest BCUT2D eigenvalue weighted by molar-refractivity contribution is 0.306. The monoisotopic (exact) mass is 214 g/mol. The Morgan fingerprint density at radius 1 is 1.12 bits per heavy atom. The van der Waals surface area contributed by atoms with Gasteiger partial charge in [-0.05, 0) is 25.1 Å². The van der Waals surface area contributed by atoms with E-state index in [0.29, 0.717) is 12.4 Å². The molecule has 0 bridgehead atoms. The molecule has 1 aromatic heterocycles. The van der Waals surface area contributed by atoms with Crippen molar-refractivity contribution in [3.63, 3.8) is 0 Å². The van der Waals surface area contributed by atoms with E-state index >= 15 is 0 Å². The van der Waals surface area contributed by atoms with Crippen LogP contribution in [0.2, 0.25) is 0 Å². The molecule has 0 aliphatic carbocycles. The minimum absolute atomic E-state index is 0.510. The first kappa shape index (κ1) is 10.5. The van der Waals surface area contributed by atoms with E-state index in [9.17, 15) is 0 Å². The van der Waals surface area contributed by atoms with E-state index in [4.69, 9.17) is 10.5 Å². The number of ether oxygens (including phenoxy) is 1. The van der Waals surface area contributed by atoms with Crippen LogP contribution in [-0.4, -0.2) is 4.98 Å². The van der Waals surface area contributed by atoms with Crippen LogP contribution in [-0.2, 0) is 6.61 Å². The van der Waals surface area contributed by atoms with Gasteiger partial charge in [0.25, 0.3) is 0 Å². The van der Waals surface area contributed by atoms with Gasteiger partial charge in [-0.25, -0.2) is 4.98 Å². The smallest absolute Gasteiger partial charge is 0.123 e. The molecule has 0 saturated heterocycles. The number of nitrogens with two attached hydrogens (primary N) is 1. The molecular formula is C13H14N2O. The Hall–Kier alpha value is -2.03. The Bertz CT molecular complexity index is 403. The van der Waals surface area contributed by atoms with Gasteiger partial charge in [-0.3, -0.25) is 0 Å². The topological polar surface area (TPSA) is 48.1 Å². The van der Waals surface area contributed by atoms with Crippen molar-refractivity contribution in [3.8, 4) is 5.75 Å². The zero-order chi connectivity index (χ0) is 11.4. The molecule has 0 atom stereocenters. The SMILES string of the molecule is Cc1ccc(OCc2ccc(N)nc2)cc1. The van der Waals surface area contributed by atoms with E-state index in [1.165, 1.54) is 5.56 Å². The van der Waals surface area contributed by atoms with Crippen LogP contribution in [0.5, 0.6) is 5.75 Å². The maximum absolute atomic E-state index is 5.61. The summed E-state index contributed by atoms with van der Waals surface area (Å²) in [7, 11) is 0. The molecule has 2 rings (SSSR count). The van der Waals surface area contributed by atoms with Gasteiger partial charge in [-0.1, -0.05) is 23.8 Å². The van der Waals surface area contributed by atoms with Crippen molar-refractivity contribution in [2.24, 2.45) is 0 Å². The summed E-state index contributed by atoms with van der Waals surface area (Å²) in [5, 5.41) is 0. The van der Waals surface area contributed by atoms with E-state index in [-0.39, 0.29) is 0 Å². The standard InChI is InChI=1S/C13H14N2O/c1-10-2-5-12(6-3-10)16-9-11-4-7-13(14)15-8-11/h2-8H,9H2,1H3,(H2,14,15). The van der Waals surface area contributed by atoms with E-state index in [0.717, 1.165) is 11.3 Å². The Balaban J connectivity index is 1.97. The number of rotatable bonds is 3. The summed E-state index contributed by atoms with van der Waals surface area (Å²) in [5.74, 6) is 1.39. The fourth-order valence-corrected chi connectivity index (χ4v) is 1.32. The normalized spacial score (nSPS) is 10.1. The highest BCUT2D eigenvalue weighted by molar-refractivity contribution is 5.30. The van der Waals surface area contributed by atoms with E-state index in [2.05, 4.69) is 4.98 Å². The van der Waals surface area contributed by atoms with Crippen LogP contribution in [0.3, 0.4) is 0 Å². The van der Waals surface area contributed by atoms with E-state index < -0.39 is 0 Å². The number of hydrogen-bond acceptors (Lipinski definition) is 3. The highest BCUT2D eigenvalue weighted by Gasteiger charge is 1.96. The van der Waals surface area contributed by atoms with Crippen LogP contribution in [0.25, 0.3) is 0 Å². The number of benzene rings is 1. The summed E-state index contributed by atoms with van der Waals surface area (Å²) < 4.78 is 5.61. The van der Waals surface area contributed by atoms with Crippen LogP contribution in [0.4, 0.5) is 5.82 Å². The second-order valence-electron chi connectivity index (χ2n) is 3.69. The zero-order valence-electron chi connectivity index (χ0n) is 9.18. The van der Waals surface area contributed by atoms with Crippen LogP contribution in [0.15, 0.2) is 42.6 Å². The second-order valence-corrected chi connectivity index (χ2v) is 3.69. The minimum atomic E-state index is 0.510. The summed E-state index contributed by atoms with van der Waals surface area (Å²) in [5.41, 5.74) is 7.73. The Morgan fingerprint density at radius 3 is 2.50 bits per heavy atom. The van der Waals surface area contributed by atoms with Gasteiger partial charge in [0.1, 0.15) is 18.2 Å². The maximum atomic E-state index is 5.61. The number of aromatic nitrogens is 1. The number of nitrogen functional groups attached to an aromatic ring is 1. The molecule has 0 aliphatic rings. The van der Waals surface area contributed by atoms with Gasteiger partial charge in [-0.2, -0.15) is 0 Å². The molecule has 0 fully saturated rings. The number of anilines is 1. The molecule has 2 N–H and O–H groups in total. The Labute approximate surface area is 94.9 Å². The second kappa shape index (κ2) is 4.66. The molecule has 82 valence electrons. The first-order valence-electron chi connectivity index (χ1n) is 5.14. The molecule has 3 heteroatoms. The predicted octanol–water partition coefficient (Wildman–Crippen LogP) is 2.55. The summed E-state index contributed by atoms with van der Waals surface area (Å²) >= 11 is 0. The van der Waals surface area contributed by atoms with Crippen molar-refractivity contribution in [1.29, 1.82) is 0 Å². The lowest BCUT2D eigenvalue weighted by atomic mass is 10.2. The largest absolute Gasteiger partial charge is 0.489 e. The summed E-state index contributed by atoms with van der Waals surface area (Å²) in [6.07, 6.45) is 1.73. The first-order valence-corrected chi connectivity index (χ1v) is 5.14. The molecule has 0 amide bonds. The predicted molar refractivity (Wildman–Crippen MR) is 64.2 cm³/mol. The number of pyridine rings is 1. The number of aryl methyl sites for hydroxylation is 1. The fraction of sp³-hybridized carbons (Fsp3) is 0.154. The Morgan fingerprint density at radius 2 is 1.88 bits per heavy atom. The van der Waals surface area contributed by atoms with Gasteiger partial charge in [0.15, 0.2) is 0 Å². The molecule has 0 saturated carbocycles. The molecular weight excluding hydrogens is 200 g/mol. The Kier molecular flexibility index (Phi) is 3.05. The molecule has 0 spiro atoms. The third kappa shape index (κ3) is 2.73. The van der Waals surface area contributed by atoms with Gasteiger partial charge in [-0.15, -0.1) is 0 Å². The van der Waals surface area contributed by atoms with Crippen LogP contribution in [0, 0.1) is 6.92 Å². The number of hydrogen-bond donors (Lipinski definition) is 1. The molecule has 0 unspecified atom stereocenters. The van der Waals surface area contributed by atoms with Crippen LogP contribution in [0.1, 0.15) is 11.1 Å². The average molecular weight is 214 g/mol. The summed E-state index contributed by atoms with van der Waals surface area (Å²) in [4.78, 5) is 4.00. The van der Waals surface area contributed by atoms with Crippen LogP contribution >= 0.6 is 0 Å². The summed E-state index contributed by atoms with van der Waals surface area (Å²) in [6.45, 7) is 2.56. The van der Waals surface area contributed by atoms with Gasteiger partial charge in [0, 0.05) is 11.8 Å². The molecule has 2 aromatic rings. The van der Waals surface area contributed by atoms with Gasteiger partial charge >= 0.3 is 0 Å². The molecule has 1 aromatic carbocycles. The van der Waals surface area contributed by atoms with Crippen molar-refractivity contribution in [2.75, 3.05) is 5.73 Å². The average Bonchev–Trinajstić information content (AvgIpc) is 2.30. The van der Waals surface area contributed by atoms with Crippen molar-refractivity contribution < 1.29 is 4.74 Å². The molecule has 16 heavy (non-hydrogen) atoms. The van der Waals surface area contributed by atoms with Crippen molar-refractivity contribution in [2.45, 2.75) is 13.5 Å². The van der Waals surface area contributed by atoms with E-state index in [1.54, 1.807) is 12.3 Å². The third-order valence-corrected chi connectivity index (χ3v) is 2.27. The quantitative estimate of drug-likeness (QED) is 0.854. The van der Waals surface area contributed by atoms with Gasteiger partial charge in [0.2, 0.25) is 0 Å². The highest BCUT2D eigenvalue weighted by atomic mass is 16.5. The van der Waals surface area contributed by atoms with Crippen molar-refractivity contribution in [1.82, 2.24) is 4.98 Å². The lowest BCUT2D eigenvalue weighted by Crippen LogP contribution is -1.97. The first-order chi connectivity index (χ1) is 7.74. The molecule has 1 heterocycles.